The van der Waals surface area contributed by atoms with Crippen LogP contribution in [0.15, 0.2) is 33.6 Å². The first-order chi connectivity index (χ1) is 9.96. The third-order valence-corrected chi connectivity index (χ3v) is 6.63. The van der Waals surface area contributed by atoms with Crippen molar-refractivity contribution in [2.45, 2.75) is 37.6 Å². The van der Waals surface area contributed by atoms with Crippen molar-refractivity contribution in [2.75, 3.05) is 23.8 Å². The number of hydrogen-bond acceptors (Lipinski definition) is 4. The van der Waals surface area contributed by atoms with Crippen LogP contribution in [0.2, 0.25) is 0 Å². The Labute approximate surface area is 141 Å². The largest absolute Gasteiger partial charge is 0.313 e. The smallest absolute Gasteiger partial charge is 0.150 e. The topological polar surface area (TPSA) is 46.2 Å². The van der Waals surface area contributed by atoms with Gasteiger partial charge in [0.15, 0.2) is 0 Å². The number of hydrogen-bond donors (Lipinski definition) is 1. The van der Waals surface area contributed by atoms with E-state index in [1.165, 1.54) is 4.90 Å². The highest BCUT2D eigenvalue weighted by Gasteiger charge is 2.12. The summed E-state index contributed by atoms with van der Waals surface area (Å²) in [7, 11) is -2.84. The van der Waals surface area contributed by atoms with E-state index in [4.69, 9.17) is 0 Å². The number of rotatable bonds is 10. The Kier molecular flexibility index (Phi) is 8.94. The first kappa shape index (κ1) is 19.0. The van der Waals surface area contributed by atoms with Crippen molar-refractivity contribution in [3.63, 3.8) is 0 Å². The second kappa shape index (κ2) is 9.87. The molecule has 1 unspecified atom stereocenters. The summed E-state index contributed by atoms with van der Waals surface area (Å²) < 4.78 is 24.1. The molecule has 3 nitrogen and oxygen atoms in total. The fourth-order valence-electron chi connectivity index (χ4n) is 1.98. The van der Waals surface area contributed by atoms with Gasteiger partial charge in [0, 0.05) is 26.9 Å². The number of benzene rings is 1. The van der Waals surface area contributed by atoms with Crippen LogP contribution in [0.1, 0.15) is 26.7 Å². The standard InChI is InChI=1S/C15H24BrNO2S2/c1-3-17-14(8-6-10-21(18,19)4-2)12-20-15-9-5-7-13(16)11-15/h5,7,9,11,14,17H,3-4,6,8,10,12H2,1-2H3. The van der Waals surface area contributed by atoms with E-state index in [0.29, 0.717) is 11.8 Å². The SMILES string of the molecule is CCNC(CCCS(=O)(=O)CC)CSc1cccc(Br)c1. The first-order valence-corrected chi connectivity index (χ1v) is 10.9. The molecule has 0 aliphatic heterocycles. The van der Waals surface area contributed by atoms with Crippen LogP contribution in [-0.2, 0) is 9.84 Å². The van der Waals surface area contributed by atoms with Crippen molar-refractivity contribution < 1.29 is 8.42 Å². The van der Waals surface area contributed by atoms with Gasteiger partial charge in [-0.25, -0.2) is 8.42 Å². The van der Waals surface area contributed by atoms with Crippen LogP contribution in [0.3, 0.4) is 0 Å². The lowest BCUT2D eigenvalue weighted by molar-refractivity contribution is 0.527. The molecule has 0 aliphatic rings. The van der Waals surface area contributed by atoms with E-state index in [-0.39, 0.29) is 5.75 Å². The molecule has 0 saturated heterocycles. The number of sulfone groups is 1. The molecule has 1 aromatic carbocycles. The summed E-state index contributed by atoms with van der Waals surface area (Å²) in [4.78, 5) is 1.23. The molecule has 0 aromatic heterocycles. The highest BCUT2D eigenvalue weighted by Crippen LogP contribution is 2.23. The second-order valence-electron chi connectivity index (χ2n) is 4.90. The summed E-state index contributed by atoms with van der Waals surface area (Å²) in [5.41, 5.74) is 0. The molecule has 6 heteroatoms. The summed E-state index contributed by atoms with van der Waals surface area (Å²) in [5.74, 6) is 1.50. The van der Waals surface area contributed by atoms with Gasteiger partial charge in [0.2, 0.25) is 0 Å². The maximum absolute atomic E-state index is 11.5. The first-order valence-electron chi connectivity index (χ1n) is 7.29. The van der Waals surface area contributed by atoms with Crippen LogP contribution in [0.4, 0.5) is 0 Å². The molecule has 1 atom stereocenters. The zero-order valence-corrected chi connectivity index (χ0v) is 15.9. The Morgan fingerprint density at radius 3 is 2.71 bits per heavy atom. The van der Waals surface area contributed by atoms with Crippen LogP contribution in [0.25, 0.3) is 0 Å². The zero-order chi connectivity index (χ0) is 15.7. The molecule has 0 radical (unpaired) electrons. The summed E-state index contributed by atoms with van der Waals surface area (Å²) in [6, 6.07) is 8.60. The number of thioether (sulfide) groups is 1. The predicted molar refractivity (Wildman–Crippen MR) is 95.9 cm³/mol. The van der Waals surface area contributed by atoms with E-state index in [1.54, 1.807) is 18.7 Å². The number of nitrogens with one attached hydrogen (secondary N) is 1. The molecule has 0 heterocycles. The summed E-state index contributed by atoms with van der Waals surface area (Å²) in [6.07, 6.45) is 1.63. The van der Waals surface area contributed by atoms with Gasteiger partial charge in [0.1, 0.15) is 9.84 Å². The normalized spacial score (nSPS) is 13.3. The van der Waals surface area contributed by atoms with Gasteiger partial charge in [0.25, 0.3) is 0 Å². The van der Waals surface area contributed by atoms with E-state index in [1.807, 2.05) is 12.1 Å². The minimum Gasteiger partial charge on any atom is -0.313 e. The van der Waals surface area contributed by atoms with Gasteiger partial charge in [-0.15, -0.1) is 11.8 Å². The lowest BCUT2D eigenvalue weighted by atomic mass is 10.2. The molecule has 0 bridgehead atoms. The minimum absolute atomic E-state index is 0.242. The molecule has 1 aromatic rings. The molecule has 21 heavy (non-hydrogen) atoms. The average molecular weight is 394 g/mol. The lowest BCUT2D eigenvalue weighted by Crippen LogP contribution is -2.31. The van der Waals surface area contributed by atoms with Crippen molar-refractivity contribution in [2.24, 2.45) is 0 Å². The summed E-state index contributed by atoms with van der Waals surface area (Å²) in [6.45, 7) is 4.70. The Balaban J connectivity index is 2.42. The van der Waals surface area contributed by atoms with Gasteiger partial charge in [-0.05, 0) is 37.6 Å². The summed E-state index contributed by atoms with van der Waals surface area (Å²) in [5, 5.41) is 3.44. The van der Waals surface area contributed by atoms with Crippen LogP contribution >= 0.6 is 27.7 Å². The van der Waals surface area contributed by atoms with Gasteiger partial charge in [-0.3, -0.25) is 0 Å². The third kappa shape index (κ3) is 8.24. The van der Waals surface area contributed by atoms with Crippen LogP contribution in [0.5, 0.6) is 0 Å². The quantitative estimate of drug-likeness (QED) is 0.615. The highest BCUT2D eigenvalue weighted by atomic mass is 79.9. The van der Waals surface area contributed by atoms with Crippen molar-refractivity contribution in [3.05, 3.63) is 28.7 Å². The monoisotopic (exact) mass is 393 g/mol. The van der Waals surface area contributed by atoms with Gasteiger partial charge in [-0.2, -0.15) is 0 Å². The van der Waals surface area contributed by atoms with E-state index < -0.39 is 9.84 Å². The Morgan fingerprint density at radius 2 is 2.10 bits per heavy atom. The molecule has 0 saturated carbocycles. The van der Waals surface area contributed by atoms with Crippen molar-refractivity contribution >= 4 is 37.5 Å². The maximum Gasteiger partial charge on any atom is 0.150 e. The predicted octanol–water partition coefficient (Wildman–Crippen LogP) is 3.73. The highest BCUT2D eigenvalue weighted by molar-refractivity contribution is 9.10. The van der Waals surface area contributed by atoms with Crippen LogP contribution in [-0.4, -0.2) is 38.3 Å². The van der Waals surface area contributed by atoms with Gasteiger partial charge < -0.3 is 5.32 Å². The van der Waals surface area contributed by atoms with Crippen LogP contribution < -0.4 is 5.32 Å². The fourth-order valence-corrected chi connectivity index (χ4v) is 4.49. The molecular weight excluding hydrogens is 370 g/mol. The molecule has 1 N–H and O–H groups in total. The van der Waals surface area contributed by atoms with Crippen LogP contribution in [0, 0.1) is 0 Å². The Hall–Kier alpha value is -0.0400. The third-order valence-electron chi connectivity index (χ3n) is 3.19. The molecule has 1 rings (SSSR count). The molecular formula is C15H24BrNO2S2. The van der Waals surface area contributed by atoms with Crippen molar-refractivity contribution in [3.8, 4) is 0 Å². The van der Waals surface area contributed by atoms with Crippen molar-refractivity contribution in [1.29, 1.82) is 0 Å². The van der Waals surface area contributed by atoms with E-state index in [9.17, 15) is 8.42 Å². The Bertz CT molecular complexity index is 520. The van der Waals surface area contributed by atoms with E-state index in [2.05, 4.69) is 40.3 Å². The zero-order valence-electron chi connectivity index (χ0n) is 12.6. The molecule has 120 valence electrons. The lowest BCUT2D eigenvalue weighted by Gasteiger charge is -2.17. The maximum atomic E-state index is 11.5. The molecule has 0 spiro atoms. The summed E-state index contributed by atoms with van der Waals surface area (Å²) >= 11 is 5.28. The molecule has 0 aliphatic carbocycles. The molecule has 0 amide bonds. The fraction of sp³-hybridized carbons (Fsp3) is 0.600. The average Bonchev–Trinajstić information content (AvgIpc) is 2.45. The van der Waals surface area contributed by atoms with Crippen molar-refractivity contribution in [1.82, 2.24) is 5.32 Å². The number of halogens is 1. The van der Waals surface area contributed by atoms with Gasteiger partial charge in [0.05, 0.1) is 5.75 Å². The second-order valence-corrected chi connectivity index (χ2v) is 9.38. The molecule has 0 fully saturated rings. The van der Waals surface area contributed by atoms with Gasteiger partial charge >= 0.3 is 0 Å². The van der Waals surface area contributed by atoms with E-state index >= 15 is 0 Å². The van der Waals surface area contributed by atoms with E-state index in [0.717, 1.165) is 29.6 Å². The van der Waals surface area contributed by atoms with Gasteiger partial charge in [-0.1, -0.05) is 35.8 Å². The minimum atomic E-state index is -2.84. The Morgan fingerprint density at radius 1 is 1.33 bits per heavy atom.